The van der Waals surface area contributed by atoms with Crippen molar-refractivity contribution in [2.75, 3.05) is 13.1 Å². The number of hydrogen-bond donors (Lipinski definition) is 1. The van der Waals surface area contributed by atoms with E-state index in [-0.39, 0.29) is 0 Å². The van der Waals surface area contributed by atoms with Gasteiger partial charge in [0, 0.05) is 13.5 Å². The summed E-state index contributed by atoms with van der Waals surface area (Å²) < 4.78 is 1.86. The van der Waals surface area contributed by atoms with Crippen LogP contribution in [0.2, 0.25) is 0 Å². The molecule has 0 saturated carbocycles. The van der Waals surface area contributed by atoms with Crippen LogP contribution in [0, 0.1) is 11.8 Å². The average Bonchev–Trinajstić information content (AvgIpc) is 2.60. The second-order valence-corrected chi connectivity index (χ2v) is 5.00. The molecule has 92 valence electrons. The van der Waals surface area contributed by atoms with E-state index in [0.29, 0.717) is 5.92 Å². The minimum absolute atomic E-state index is 0.690. The summed E-state index contributed by atoms with van der Waals surface area (Å²) in [5.74, 6) is 2.50. The average molecular weight is 224 g/mol. The van der Waals surface area contributed by atoms with Crippen molar-refractivity contribution in [1.29, 1.82) is 0 Å². The minimum atomic E-state index is 0.690. The lowest BCUT2D eigenvalue weighted by atomic mass is 10.1. The highest BCUT2D eigenvalue weighted by Gasteiger charge is 2.06. The Hall–Kier alpha value is -0.900. The van der Waals surface area contributed by atoms with Crippen molar-refractivity contribution in [1.82, 2.24) is 20.1 Å². The van der Waals surface area contributed by atoms with Crippen molar-refractivity contribution < 1.29 is 0 Å². The summed E-state index contributed by atoms with van der Waals surface area (Å²) in [5, 5.41) is 7.56. The third kappa shape index (κ3) is 4.75. The minimum Gasteiger partial charge on any atom is -0.316 e. The van der Waals surface area contributed by atoms with E-state index in [1.807, 2.05) is 11.7 Å². The van der Waals surface area contributed by atoms with E-state index < -0.39 is 0 Å². The molecule has 0 aliphatic rings. The molecular weight excluding hydrogens is 200 g/mol. The molecule has 0 aliphatic heterocycles. The largest absolute Gasteiger partial charge is 0.316 e. The molecule has 16 heavy (non-hydrogen) atoms. The number of nitrogens with zero attached hydrogens (tertiary/aromatic N) is 3. The van der Waals surface area contributed by atoms with Crippen LogP contribution in [0.3, 0.4) is 0 Å². The Morgan fingerprint density at radius 1 is 1.31 bits per heavy atom. The van der Waals surface area contributed by atoms with Crippen LogP contribution < -0.4 is 5.32 Å². The van der Waals surface area contributed by atoms with E-state index in [0.717, 1.165) is 37.7 Å². The Labute approximate surface area is 98.5 Å². The molecule has 1 aromatic heterocycles. The van der Waals surface area contributed by atoms with Gasteiger partial charge in [-0.1, -0.05) is 20.8 Å². The third-order valence-electron chi connectivity index (χ3n) is 2.71. The van der Waals surface area contributed by atoms with E-state index in [1.165, 1.54) is 0 Å². The second kappa shape index (κ2) is 6.63. The van der Waals surface area contributed by atoms with Gasteiger partial charge in [0.1, 0.15) is 12.2 Å². The lowest BCUT2D eigenvalue weighted by Gasteiger charge is -2.13. The maximum atomic E-state index is 4.23. The number of hydrogen-bond acceptors (Lipinski definition) is 3. The molecule has 1 aromatic rings. The summed E-state index contributed by atoms with van der Waals surface area (Å²) in [6.45, 7) is 8.95. The maximum Gasteiger partial charge on any atom is 0.138 e. The van der Waals surface area contributed by atoms with Gasteiger partial charge in [0.15, 0.2) is 0 Å². The Kier molecular flexibility index (Phi) is 5.46. The first-order valence-corrected chi connectivity index (χ1v) is 6.13. The molecule has 1 atom stereocenters. The van der Waals surface area contributed by atoms with Gasteiger partial charge < -0.3 is 5.32 Å². The lowest BCUT2D eigenvalue weighted by molar-refractivity contribution is 0.448. The highest BCUT2D eigenvalue weighted by Crippen LogP contribution is 2.06. The van der Waals surface area contributed by atoms with Crippen molar-refractivity contribution in [3.05, 3.63) is 12.2 Å². The second-order valence-electron chi connectivity index (χ2n) is 5.00. The van der Waals surface area contributed by atoms with E-state index in [4.69, 9.17) is 0 Å². The zero-order valence-electron chi connectivity index (χ0n) is 10.9. The zero-order valence-corrected chi connectivity index (χ0v) is 10.9. The van der Waals surface area contributed by atoms with Crippen LogP contribution in [0.25, 0.3) is 0 Å². The van der Waals surface area contributed by atoms with E-state index in [9.17, 15) is 0 Å². The summed E-state index contributed by atoms with van der Waals surface area (Å²) in [6.07, 6.45) is 3.80. The fourth-order valence-corrected chi connectivity index (χ4v) is 1.64. The Bertz CT molecular complexity index is 293. The predicted octanol–water partition coefficient (Wildman–Crippen LogP) is 1.63. The van der Waals surface area contributed by atoms with Gasteiger partial charge in [-0.2, -0.15) is 5.10 Å². The van der Waals surface area contributed by atoms with Gasteiger partial charge in [-0.05, 0) is 31.3 Å². The first-order valence-electron chi connectivity index (χ1n) is 6.13. The molecule has 0 radical (unpaired) electrons. The summed E-state index contributed by atoms with van der Waals surface area (Å²) >= 11 is 0. The Balaban J connectivity index is 2.15. The maximum absolute atomic E-state index is 4.23. The van der Waals surface area contributed by atoms with E-state index in [1.54, 1.807) is 6.33 Å². The van der Waals surface area contributed by atoms with E-state index in [2.05, 4.69) is 36.2 Å². The van der Waals surface area contributed by atoms with Crippen LogP contribution in [-0.2, 0) is 13.5 Å². The SMILES string of the molecule is CC(C)CNCC(C)CCc1ncnn1C. The predicted molar refractivity (Wildman–Crippen MR) is 66.2 cm³/mol. The number of aryl methyl sites for hydroxylation is 2. The van der Waals surface area contributed by atoms with Gasteiger partial charge in [0.2, 0.25) is 0 Å². The standard InChI is InChI=1S/C12H24N4/c1-10(2)7-13-8-11(3)5-6-12-14-9-15-16(12)4/h9-11,13H,5-8H2,1-4H3. The monoisotopic (exact) mass is 224 g/mol. The lowest BCUT2D eigenvalue weighted by Crippen LogP contribution is -2.25. The summed E-state index contributed by atoms with van der Waals surface area (Å²) in [6, 6.07) is 0. The first-order chi connectivity index (χ1) is 7.59. The molecule has 0 saturated heterocycles. The van der Waals surface area contributed by atoms with Crippen LogP contribution in [0.15, 0.2) is 6.33 Å². The Morgan fingerprint density at radius 2 is 2.06 bits per heavy atom. The molecule has 0 aliphatic carbocycles. The van der Waals surface area contributed by atoms with Gasteiger partial charge in [-0.3, -0.25) is 4.68 Å². The first kappa shape index (κ1) is 13.2. The molecule has 4 nitrogen and oxygen atoms in total. The summed E-state index contributed by atoms with van der Waals surface area (Å²) in [5.41, 5.74) is 0. The summed E-state index contributed by atoms with van der Waals surface area (Å²) in [7, 11) is 1.95. The number of rotatable bonds is 7. The highest BCUT2D eigenvalue weighted by molar-refractivity contribution is 4.83. The highest BCUT2D eigenvalue weighted by atomic mass is 15.3. The fourth-order valence-electron chi connectivity index (χ4n) is 1.64. The molecule has 1 rings (SSSR count). The molecule has 4 heteroatoms. The van der Waals surface area contributed by atoms with Crippen molar-refractivity contribution in [2.24, 2.45) is 18.9 Å². The Morgan fingerprint density at radius 3 is 2.62 bits per heavy atom. The van der Waals surface area contributed by atoms with Gasteiger partial charge >= 0.3 is 0 Å². The van der Waals surface area contributed by atoms with Crippen LogP contribution in [-0.4, -0.2) is 27.9 Å². The molecule has 0 aromatic carbocycles. The number of aromatic nitrogens is 3. The van der Waals surface area contributed by atoms with Crippen molar-refractivity contribution >= 4 is 0 Å². The normalized spacial score (nSPS) is 13.3. The van der Waals surface area contributed by atoms with Gasteiger partial charge in [0.05, 0.1) is 0 Å². The zero-order chi connectivity index (χ0) is 12.0. The summed E-state index contributed by atoms with van der Waals surface area (Å²) in [4.78, 5) is 4.23. The van der Waals surface area contributed by atoms with Crippen LogP contribution in [0.4, 0.5) is 0 Å². The molecule has 1 N–H and O–H groups in total. The van der Waals surface area contributed by atoms with Gasteiger partial charge in [-0.25, -0.2) is 4.98 Å². The fraction of sp³-hybridized carbons (Fsp3) is 0.833. The third-order valence-corrected chi connectivity index (χ3v) is 2.71. The van der Waals surface area contributed by atoms with Gasteiger partial charge in [-0.15, -0.1) is 0 Å². The molecule has 1 heterocycles. The molecule has 0 spiro atoms. The molecule has 1 unspecified atom stereocenters. The van der Waals surface area contributed by atoms with Crippen LogP contribution in [0.5, 0.6) is 0 Å². The van der Waals surface area contributed by atoms with Crippen LogP contribution in [0.1, 0.15) is 33.0 Å². The van der Waals surface area contributed by atoms with E-state index >= 15 is 0 Å². The molecular formula is C12H24N4. The van der Waals surface area contributed by atoms with Gasteiger partial charge in [0.25, 0.3) is 0 Å². The van der Waals surface area contributed by atoms with Crippen molar-refractivity contribution in [3.63, 3.8) is 0 Å². The quantitative estimate of drug-likeness (QED) is 0.765. The topological polar surface area (TPSA) is 42.7 Å². The number of nitrogens with one attached hydrogen (secondary N) is 1. The van der Waals surface area contributed by atoms with Crippen LogP contribution >= 0.6 is 0 Å². The van der Waals surface area contributed by atoms with Crippen molar-refractivity contribution in [2.45, 2.75) is 33.6 Å². The molecule has 0 bridgehead atoms. The van der Waals surface area contributed by atoms with Crippen molar-refractivity contribution in [3.8, 4) is 0 Å². The molecule has 0 fully saturated rings. The molecule has 0 amide bonds. The smallest absolute Gasteiger partial charge is 0.138 e.